The standard InChI is InChI=1S/C22H29FN2O4/c1-12-8-7-9-13(17(12)23)18(26)22(5,6)24-19(27)16-14-10-25(11-15(14)16)20(28)29-21(2,3)4/h7-9,14-16H,10-11H2,1-6H3,(H,24,27)/t14-,15+,16+. The largest absolute Gasteiger partial charge is 0.444 e. The highest BCUT2D eigenvalue weighted by molar-refractivity contribution is 6.05. The fourth-order valence-electron chi connectivity index (χ4n) is 4.00. The van der Waals surface area contributed by atoms with Gasteiger partial charge in [0, 0.05) is 19.0 Å². The van der Waals surface area contributed by atoms with Crippen LogP contribution in [0.3, 0.4) is 0 Å². The van der Waals surface area contributed by atoms with Gasteiger partial charge in [-0.15, -0.1) is 0 Å². The zero-order valence-corrected chi connectivity index (χ0v) is 17.8. The number of piperidine rings is 1. The fraction of sp³-hybridized carbons (Fsp3) is 0.591. The number of Topliss-reactive ketones (excluding diaryl/α,β-unsaturated/α-hetero) is 1. The van der Waals surface area contributed by atoms with Crippen LogP contribution in [0.4, 0.5) is 9.18 Å². The van der Waals surface area contributed by atoms with Crippen molar-refractivity contribution in [2.24, 2.45) is 17.8 Å². The molecule has 6 nitrogen and oxygen atoms in total. The van der Waals surface area contributed by atoms with Gasteiger partial charge in [0.1, 0.15) is 11.4 Å². The number of nitrogens with one attached hydrogen (secondary N) is 1. The number of likely N-dealkylation sites (tertiary alicyclic amines) is 1. The third-order valence-electron chi connectivity index (χ3n) is 5.59. The molecule has 2 aliphatic rings. The summed E-state index contributed by atoms with van der Waals surface area (Å²) >= 11 is 0. The molecule has 0 radical (unpaired) electrons. The van der Waals surface area contributed by atoms with Gasteiger partial charge in [-0.1, -0.05) is 12.1 Å². The van der Waals surface area contributed by atoms with E-state index in [2.05, 4.69) is 5.32 Å². The highest BCUT2D eigenvalue weighted by atomic mass is 19.1. The minimum absolute atomic E-state index is 0.0256. The maximum Gasteiger partial charge on any atom is 0.410 e. The number of hydrogen-bond acceptors (Lipinski definition) is 4. The van der Waals surface area contributed by atoms with Crippen LogP contribution >= 0.6 is 0 Å². The molecule has 1 aromatic carbocycles. The van der Waals surface area contributed by atoms with Crippen LogP contribution in [0.1, 0.15) is 50.5 Å². The molecule has 0 spiro atoms. The lowest BCUT2D eigenvalue weighted by atomic mass is 9.91. The van der Waals surface area contributed by atoms with E-state index in [4.69, 9.17) is 4.74 Å². The summed E-state index contributed by atoms with van der Waals surface area (Å²) in [6, 6.07) is 4.66. The van der Waals surface area contributed by atoms with Crippen LogP contribution in [0.5, 0.6) is 0 Å². The molecule has 3 rings (SSSR count). The number of nitrogens with zero attached hydrogens (tertiary/aromatic N) is 1. The predicted molar refractivity (Wildman–Crippen MR) is 106 cm³/mol. The number of aryl methyl sites for hydroxylation is 1. The zero-order chi connectivity index (χ0) is 21.7. The lowest BCUT2D eigenvalue weighted by molar-refractivity contribution is -0.124. The van der Waals surface area contributed by atoms with Crippen LogP contribution in [0, 0.1) is 30.5 Å². The second-order valence-corrected chi connectivity index (χ2v) is 9.62. The van der Waals surface area contributed by atoms with Crippen LogP contribution in [0.25, 0.3) is 0 Å². The Morgan fingerprint density at radius 1 is 1.10 bits per heavy atom. The number of amides is 2. The van der Waals surface area contributed by atoms with Gasteiger partial charge in [0.05, 0.1) is 11.1 Å². The molecule has 2 amide bonds. The van der Waals surface area contributed by atoms with E-state index in [-0.39, 0.29) is 35.3 Å². The quantitative estimate of drug-likeness (QED) is 0.781. The normalized spacial score (nSPS) is 23.4. The average molecular weight is 404 g/mol. The van der Waals surface area contributed by atoms with Gasteiger partial charge in [0.15, 0.2) is 5.78 Å². The highest BCUT2D eigenvalue weighted by Gasteiger charge is 2.61. The van der Waals surface area contributed by atoms with Crippen LogP contribution in [0.15, 0.2) is 18.2 Å². The number of fused-ring (bicyclic) bond motifs is 1. The van der Waals surface area contributed by atoms with Gasteiger partial charge < -0.3 is 15.0 Å². The first-order valence-corrected chi connectivity index (χ1v) is 9.91. The van der Waals surface area contributed by atoms with Crippen molar-refractivity contribution in [3.63, 3.8) is 0 Å². The second-order valence-electron chi connectivity index (χ2n) is 9.62. The Balaban J connectivity index is 1.59. The molecule has 0 bridgehead atoms. The van der Waals surface area contributed by atoms with Crippen molar-refractivity contribution >= 4 is 17.8 Å². The number of carbonyl (C=O) groups is 3. The lowest BCUT2D eigenvalue weighted by Crippen LogP contribution is -2.51. The maximum absolute atomic E-state index is 14.3. The van der Waals surface area contributed by atoms with Crippen molar-refractivity contribution in [2.75, 3.05) is 13.1 Å². The van der Waals surface area contributed by atoms with Crippen molar-refractivity contribution in [2.45, 2.75) is 52.7 Å². The van der Waals surface area contributed by atoms with Crippen molar-refractivity contribution in [1.29, 1.82) is 0 Å². The van der Waals surface area contributed by atoms with Gasteiger partial charge in [0.2, 0.25) is 5.91 Å². The van der Waals surface area contributed by atoms with Crippen LogP contribution in [-0.2, 0) is 9.53 Å². The molecule has 158 valence electrons. The lowest BCUT2D eigenvalue weighted by Gasteiger charge is -2.27. The Kier molecular flexibility index (Phi) is 5.22. The Morgan fingerprint density at radius 3 is 2.24 bits per heavy atom. The Labute approximate surface area is 170 Å². The first-order chi connectivity index (χ1) is 13.3. The average Bonchev–Trinajstić information content (AvgIpc) is 3.09. The number of hydrogen-bond donors (Lipinski definition) is 1. The first kappa shape index (κ1) is 21.3. The number of carbonyl (C=O) groups excluding carboxylic acids is 3. The molecule has 1 saturated carbocycles. The summed E-state index contributed by atoms with van der Waals surface area (Å²) < 4.78 is 19.7. The van der Waals surface area contributed by atoms with Crippen molar-refractivity contribution < 1.29 is 23.5 Å². The monoisotopic (exact) mass is 404 g/mol. The summed E-state index contributed by atoms with van der Waals surface area (Å²) in [6.07, 6.45) is -0.366. The van der Waals surface area contributed by atoms with Crippen LogP contribution in [-0.4, -0.2) is 46.9 Å². The van der Waals surface area contributed by atoms with Gasteiger partial charge in [0.25, 0.3) is 0 Å². The molecule has 1 aromatic rings. The molecule has 29 heavy (non-hydrogen) atoms. The molecule has 1 aliphatic carbocycles. The molecule has 0 aromatic heterocycles. The van der Waals surface area contributed by atoms with E-state index in [9.17, 15) is 18.8 Å². The van der Waals surface area contributed by atoms with E-state index in [1.807, 2.05) is 20.8 Å². The van der Waals surface area contributed by atoms with E-state index in [1.54, 1.807) is 37.8 Å². The third-order valence-corrected chi connectivity index (χ3v) is 5.59. The predicted octanol–water partition coefficient (Wildman–Crippen LogP) is 3.32. The number of rotatable bonds is 4. The Morgan fingerprint density at radius 2 is 1.69 bits per heavy atom. The summed E-state index contributed by atoms with van der Waals surface area (Å²) in [5, 5.41) is 2.78. The summed E-state index contributed by atoms with van der Waals surface area (Å²) in [6.45, 7) is 11.1. The number of ketones is 1. The molecular formula is C22H29FN2O4. The molecule has 3 atom stereocenters. The van der Waals surface area contributed by atoms with Crippen molar-refractivity contribution in [1.82, 2.24) is 10.2 Å². The number of halogens is 1. The zero-order valence-electron chi connectivity index (χ0n) is 17.8. The minimum Gasteiger partial charge on any atom is -0.444 e. The van der Waals surface area contributed by atoms with Crippen LogP contribution < -0.4 is 5.32 Å². The van der Waals surface area contributed by atoms with E-state index in [1.165, 1.54) is 6.07 Å². The fourth-order valence-corrected chi connectivity index (χ4v) is 4.00. The Hall–Kier alpha value is -2.44. The molecule has 1 saturated heterocycles. The molecule has 1 aliphatic heterocycles. The molecule has 2 fully saturated rings. The first-order valence-electron chi connectivity index (χ1n) is 9.91. The van der Waals surface area contributed by atoms with Gasteiger partial charge in [-0.25, -0.2) is 9.18 Å². The SMILES string of the molecule is Cc1cccc(C(=O)C(C)(C)NC(=O)[C@H]2[C@@H]3CN(C(=O)OC(C)(C)C)C[C@@H]32)c1F. The molecule has 0 unspecified atom stereocenters. The van der Waals surface area contributed by atoms with E-state index >= 15 is 0 Å². The van der Waals surface area contributed by atoms with Crippen LogP contribution in [0.2, 0.25) is 0 Å². The summed E-state index contributed by atoms with van der Waals surface area (Å²) in [4.78, 5) is 39.3. The smallest absolute Gasteiger partial charge is 0.410 e. The van der Waals surface area contributed by atoms with Crippen molar-refractivity contribution in [3.8, 4) is 0 Å². The topological polar surface area (TPSA) is 75.7 Å². The van der Waals surface area contributed by atoms with Gasteiger partial charge >= 0.3 is 6.09 Å². The molecule has 1 heterocycles. The van der Waals surface area contributed by atoms with Gasteiger partial charge in [-0.05, 0) is 65.0 Å². The molecule has 7 heteroatoms. The van der Waals surface area contributed by atoms with E-state index in [0.717, 1.165) is 0 Å². The van der Waals surface area contributed by atoms with E-state index < -0.39 is 22.7 Å². The maximum atomic E-state index is 14.3. The number of benzene rings is 1. The highest BCUT2D eigenvalue weighted by Crippen LogP contribution is 2.52. The minimum atomic E-state index is -1.23. The number of ether oxygens (including phenoxy) is 1. The summed E-state index contributed by atoms with van der Waals surface area (Å²) in [5.41, 5.74) is -1.43. The Bertz CT molecular complexity index is 847. The summed E-state index contributed by atoms with van der Waals surface area (Å²) in [7, 11) is 0. The molecular weight excluding hydrogens is 375 g/mol. The van der Waals surface area contributed by atoms with E-state index in [0.29, 0.717) is 18.7 Å². The second kappa shape index (κ2) is 7.11. The summed E-state index contributed by atoms with van der Waals surface area (Å²) in [5.74, 6) is -1.34. The van der Waals surface area contributed by atoms with Gasteiger partial charge in [-0.2, -0.15) is 0 Å². The third kappa shape index (κ3) is 4.28. The van der Waals surface area contributed by atoms with Crippen molar-refractivity contribution in [3.05, 3.63) is 35.1 Å². The molecule has 1 N–H and O–H groups in total. The van der Waals surface area contributed by atoms with Gasteiger partial charge in [-0.3, -0.25) is 9.59 Å².